The predicted molar refractivity (Wildman–Crippen MR) is 69.4 cm³/mol. The highest BCUT2D eigenvalue weighted by molar-refractivity contribution is 7.99. The van der Waals surface area contributed by atoms with Gasteiger partial charge in [0.2, 0.25) is 5.78 Å². The van der Waals surface area contributed by atoms with Crippen molar-refractivity contribution in [2.45, 2.75) is 25.7 Å². The van der Waals surface area contributed by atoms with Gasteiger partial charge >= 0.3 is 0 Å². The Morgan fingerprint density at radius 3 is 2.44 bits per heavy atom. The minimum absolute atomic E-state index is 0.00108. The van der Waals surface area contributed by atoms with Crippen molar-refractivity contribution in [1.82, 2.24) is 0 Å². The van der Waals surface area contributed by atoms with E-state index in [4.69, 9.17) is 0 Å². The van der Waals surface area contributed by atoms with Crippen LogP contribution in [0, 0.1) is 17.3 Å². The van der Waals surface area contributed by atoms with Crippen LogP contribution in [0.4, 0.5) is 0 Å². The molecule has 0 saturated heterocycles. The van der Waals surface area contributed by atoms with Crippen molar-refractivity contribution >= 4 is 17.5 Å². The van der Waals surface area contributed by atoms with Gasteiger partial charge in [-0.1, -0.05) is 44.9 Å². The summed E-state index contributed by atoms with van der Waals surface area (Å²) in [4.78, 5) is 12.7. The van der Waals surface area contributed by atoms with E-state index < -0.39 is 0 Å². The topological polar surface area (TPSA) is 17.1 Å². The van der Waals surface area contributed by atoms with Crippen molar-refractivity contribution in [1.29, 1.82) is 0 Å². The fraction of sp³-hybridized carbons (Fsp3) is 0.357. The minimum atomic E-state index is -0.357. The van der Waals surface area contributed by atoms with E-state index >= 15 is 0 Å². The maximum Gasteiger partial charge on any atom is 0.210 e. The Kier molecular flexibility index (Phi) is 4.64. The SMILES string of the molecule is CC(C)(C)C(=O)C#CCSc1ccccc1. The summed E-state index contributed by atoms with van der Waals surface area (Å²) in [6, 6.07) is 10.1. The van der Waals surface area contributed by atoms with Gasteiger partial charge in [-0.15, -0.1) is 11.8 Å². The third kappa shape index (κ3) is 4.55. The number of thioether (sulfide) groups is 1. The smallest absolute Gasteiger partial charge is 0.210 e. The molecule has 0 bridgehead atoms. The zero-order chi connectivity index (χ0) is 12.0. The van der Waals surface area contributed by atoms with Gasteiger partial charge in [-0.05, 0) is 18.1 Å². The summed E-state index contributed by atoms with van der Waals surface area (Å²) >= 11 is 1.65. The number of carbonyl (C=O) groups excluding carboxylic acids is 1. The second-order valence-corrected chi connectivity index (χ2v) is 5.53. The van der Waals surface area contributed by atoms with Gasteiger partial charge in [0.15, 0.2) is 0 Å². The summed E-state index contributed by atoms with van der Waals surface area (Å²) < 4.78 is 0. The van der Waals surface area contributed by atoms with Crippen LogP contribution in [-0.2, 0) is 4.79 Å². The van der Waals surface area contributed by atoms with Gasteiger partial charge in [0, 0.05) is 10.3 Å². The standard InChI is InChI=1S/C14H16OS/c1-14(2,3)13(15)10-7-11-16-12-8-5-4-6-9-12/h4-6,8-9H,11H2,1-3H3. The molecule has 0 aliphatic heterocycles. The normalized spacial score (nSPS) is 10.4. The van der Waals surface area contributed by atoms with Crippen LogP contribution in [0.3, 0.4) is 0 Å². The van der Waals surface area contributed by atoms with Gasteiger partial charge in [-0.25, -0.2) is 0 Å². The van der Waals surface area contributed by atoms with E-state index in [0.29, 0.717) is 5.75 Å². The summed E-state index contributed by atoms with van der Waals surface area (Å²) in [6.45, 7) is 5.65. The predicted octanol–water partition coefficient (Wildman–Crippen LogP) is 3.40. The molecule has 0 radical (unpaired) electrons. The lowest BCUT2D eigenvalue weighted by Crippen LogP contribution is -2.17. The van der Waals surface area contributed by atoms with E-state index in [0.717, 1.165) is 0 Å². The molecular weight excluding hydrogens is 216 g/mol. The maximum atomic E-state index is 11.5. The molecule has 1 aromatic rings. The highest BCUT2D eigenvalue weighted by Crippen LogP contribution is 2.16. The summed E-state index contributed by atoms with van der Waals surface area (Å²) in [6.07, 6.45) is 0. The molecule has 0 atom stereocenters. The van der Waals surface area contributed by atoms with E-state index in [1.165, 1.54) is 4.90 Å². The molecule has 0 aliphatic rings. The quantitative estimate of drug-likeness (QED) is 0.441. The molecular formula is C14H16OS. The van der Waals surface area contributed by atoms with Gasteiger partial charge in [0.1, 0.15) is 0 Å². The van der Waals surface area contributed by atoms with Crippen LogP contribution >= 0.6 is 11.8 Å². The molecule has 0 unspecified atom stereocenters. The van der Waals surface area contributed by atoms with E-state index in [1.54, 1.807) is 11.8 Å². The second kappa shape index (κ2) is 5.77. The Balaban J connectivity index is 2.43. The number of hydrogen-bond acceptors (Lipinski definition) is 2. The number of rotatable bonds is 2. The van der Waals surface area contributed by atoms with Crippen LogP contribution in [0.25, 0.3) is 0 Å². The lowest BCUT2D eigenvalue weighted by Gasteiger charge is -2.10. The summed E-state index contributed by atoms with van der Waals surface area (Å²) in [7, 11) is 0. The Hall–Kier alpha value is -1.20. The van der Waals surface area contributed by atoms with Gasteiger partial charge in [0.25, 0.3) is 0 Å². The lowest BCUT2D eigenvalue weighted by atomic mass is 9.91. The fourth-order valence-corrected chi connectivity index (χ4v) is 1.60. The number of ketones is 1. The summed E-state index contributed by atoms with van der Waals surface area (Å²) in [5, 5.41) is 0. The fourth-order valence-electron chi connectivity index (χ4n) is 0.940. The minimum Gasteiger partial charge on any atom is -0.284 e. The zero-order valence-electron chi connectivity index (χ0n) is 9.91. The first-order valence-electron chi connectivity index (χ1n) is 5.21. The maximum absolute atomic E-state index is 11.5. The lowest BCUT2D eigenvalue weighted by molar-refractivity contribution is -0.120. The molecule has 1 rings (SSSR count). The van der Waals surface area contributed by atoms with Crippen LogP contribution in [0.15, 0.2) is 35.2 Å². The molecule has 1 nitrogen and oxygen atoms in total. The van der Waals surface area contributed by atoms with Crippen molar-refractivity contribution in [2.75, 3.05) is 5.75 Å². The molecule has 84 valence electrons. The van der Waals surface area contributed by atoms with Gasteiger partial charge in [-0.2, -0.15) is 0 Å². The van der Waals surface area contributed by atoms with Crippen LogP contribution in [-0.4, -0.2) is 11.5 Å². The molecule has 0 aromatic heterocycles. The van der Waals surface area contributed by atoms with E-state index in [9.17, 15) is 4.79 Å². The van der Waals surface area contributed by atoms with Crippen molar-refractivity contribution in [3.05, 3.63) is 30.3 Å². The Morgan fingerprint density at radius 1 is 1.25 bits per heavy atom. The van der Waals surface area contributed by atoms with E-state index in [-0.39, 0.29) is 11.2 Å². The van der Waals surface area contributed by atoms with Crippen LogP contribution in [0.2, 0.25) is 0 Å². The second-order valence-electron chi connectivity index (χ2n) is 4.48. The van der Waals surface area contributed by atoms with Gasteiger partial charge < -0.3 is 0 Å². The van der Waals surface area contributed by atoms with Crippen molar-refractivity contribution in [3.8, 4) is 11.8 Å². The molecule has 1 aromatic carbocycles. The average Bonchev–Trinajstić information content (AvgIpc) is 2.24. The molecule has 2 heteroatoms. The molecule has 16 heavy (non-hydrogen) atoms. The first-order chi connectivity index (χ1) is 7.50. The van der Waals surface area contributed by atoms with E-state index in [2.05, 4.69) is 11.8 Å². The Labute approximate surface area is 102 Å². The average molecular weight is 232 g/mol. The molecule has 0 spiro atoms. The van der Waals surface area contributed by atoms with E-state index in [1.807, 2.05) is 51.1 Å². The van der Waals surface area contributed by atoms with Gasteiger partial charge in [-0.3, -0.25) is 4.79 Å². The number of carbonyl (C=O) groups is 1. The number of Topliss-reactive ketones (excluding diaryl/α,β-unsaturated/α-hetero) is 1. The molecule has 0 N–H and O–H groups in total. The van der Waals surface area contributed by atoms with Crippen molar-refractivity contribution in [2.24, 2.45) is 5.41 Å². The van der Waals surface area contributed by atoms with Crippen LogP contribution < -0.4 is 0 Å². The molecule has 0 amide bonds. The van der Waals surface area contributed by atoms with Crippen LogP contribution in [0.5, 0.6) is 0 Å². The Morgan fingerprint density at radius 2 is 1.88 bits per heavy atom. The monoisotopic (exact) mass is 232 g/mol. The first-order valence-corrected chi connectivity index (χ1v) is 6.20. The summed E-state index contributed by atoms with van der Waals surface area (Å²) in [5.41, 5.74) is -0.357. The third-order valence-corrected chi connectivity index (χ3v) is 2.83. The van der Waals surface area contributed by atoms with Gasteiger partial charge in [0.05, 0.1) is 5.75 Å². The zero-order valence-corrected chi connectivity index (χ0v) is 10.7. The Bertz CT molecular complexity index is 404. The number of benzene rings is 1. The molecule has 0 fully saturated rings. The van der Waals surface area contributed by atoms with Crippen LogP contribution in [0.1, 0.15) is 20.8 Å². The van der Waals surface area contributed by atoms with Crippen molar-refractivity contribution in [3.63, 3.8) is 0 Å². The summed E-state index contributed by atoms with van der Waals surface area (Å²) in [5.74, 6) is 6.25. The third-order valence-electron chi connectivity index (χ3n) is 1.94. The molecule has 0 aliphatic carbocycles. The highest BCUT2D eigenvalue weighted by Gasteiger charge is 2.18. The highest BCUT2D eigenvalue weighted by atomic mass is 32.2. The largest absolute Gasteiger partial charge is 0.284 e. The van der Waals surface area contributed by atoms with Crippen molar-refractivity contribution < 1.29 is 4.79 Å². The molecule has 0 heterocycles. The first kappa shape index (κ1) is 12.9. The number of hydrogen-bond donors (Lipinski definition) is 0. The molecule has 0 saturated carbocycles.